The minimum atomic E-state index is 0.302. The lowest BCUT2D eigenvalue weighted by molar-refractivity contribution is 0.0210. The van der Waals surface area contributed by atoms with Crippen molar-refractivity contribution in [1.29, 1.82) is 0 Å². The average molecular weight is 390 g/mol. The molecule has 5 heteroatoms. The molecule has 2 atom stereocenters. The van der Waals surface area contributed by atoms with Gasteiger partial charge in [0.05, 0.1) is 7.11 Å². The van der Waals surface area contributed by atoms with Crippen LogP contribution in [0.2, 0.25) is 0 Å². The number of rotatable bonds is 7. The van der Waals surface area contributed by atoms with Crippen molar-refractivity contribution in [3.8, 4) is 5.75 Å². The van der Waals surface area contributed by atoms with E-state index in [-0.39, 0.29) is 0 Å². The second-order valence-electron chi connectivity index (χ2n) is 8.83. The SMILES string of the molecule is COc1c(C)cc(C)cc1CN1CC[C@H](N2CCN(C)CC2)[C@H](CCCO)C1. The van der Waals surface area contributed by atoms with Crippen molar-refractivity contribution in [2.45, 2.75) is 45.7 Å². The highest BCUT2D eigenvalue weighted by Crippen LogP contribution is 2.31. The van der Waals surface area contributed by atoms with Crippen LogP contribution in [0.4, 0.5) is 0 Å². The Morgan fingerprint density at radius 1 is 1.11 bits per heavy atom. The summed E-state index contributed by atoms with van der Waals surface area (Å²) >= 11 is 0. The zero-order valence-electron chi connectivity index (χ0n) is 18.3. The molecule has 0 saturated carbocycles. The van der Waals surface area contributed by atoms with Gasteiger partial charge in [0.2, 0.25) is 0 Å². The Balaban J connectivity index is 1.69. The summed E-state index contributed by atoms with van der Waals surface area (Å²) in [7, 11) is 4.01. The van der Waals surface area contributed by atoms with Crippen LogP contribution in [-0.2, 0) is 6.54 Å². The third-order valence-corrected chi connectivity index (χ3v) is 6.61. The molecule has 3 rings (SSSR count). The van der Waals surface area contributed by atoms with E-state index in [2.05, 4.69) is 47.7 Å². The molecule has 2 aliphatic rings. The summed E-state index contributed by atoms with van der Waals surface area (Å²) in [5.41, 5.74) is 3.83. The highest BCUT2D eigenvalue weighted by atomic mass is 16.5. The van der Waals surface area contributed by atoms with Crippen molar-refractivity contribution >= 4 is 0 Å². The number of likely N-dealkylation sites (N-methyl/N-ethyl adjacent to an activating group) is 1. The number of piperidine rings is 1. The molecule has 1 aromatic rings. The Morgan fingerprint density at radius 2 is 1.86 bits per heavy atom. The van der Waals surface area contributed by atoms with Crippen molar-refractivity contribution in [1.82, 2.24) is 14.7 Å². The highest BCUT2D eigenvalue weighted by molar-refractivity contribution is 5.43. The van der Waals surface area contributed by atoms with E-state index in [1.54, 1.807) is 7.11 Å². The number of aryl methyl sites for hydroxylation is 2. The molecule has 1 N–H and O–H groups in total. The number of likely N-dealkylation sites (tertiary alicyclic amines) is 1. The van der Waals surface area contributed by atoms with Crippen molar-refractivity contribution in [2.24, 2.45) is 5.92 Å². The number of nitrogens with zero attached hydrogens (tertiary/aromatic N) is 3. The normalized spacial score (nSPS) is 25.2. The van der Waals surface area contributed by atoms with E-state index in [9.17, 15) is 5.11 Å². The Hall–Kier alpha value is -1.14. The van der Waals surface area contributed by atoms with Crippen LogP contribution in [0.5, 0.6) is 5.75 Å². The number of piperazine rings is 1. The number of aliphatic hydroxyl groups is 1. The first-order valence-electron chi connectivity index (χ1n) is 10.9. The van der Waals surface area contributed by atoms with Gasteiger partial charge in [-0.1, -0.05) is 17.7 Å². The second-order valence-corrected chi connectivity index (χ2v) is 8.83. The molecule has 1 aromatic carbocycles. The van der Waals surface area contributed by atoms with E-state index >= 15 is 0 Å². The van der Waals surface area contributed by atoms with Gasteiger partial charge < -0.3 is 14.7 Å². The molecule has 2 saturated heterocycles. The fraction of sp³-hybridized carbons (Fsp3) is 0.739. The number of ether oxygens (including phenoxy) is 1. The molecule has 2 fully saturated rings. The van der Waals surface area contributed by atoms with E-state index in [1.807, 2.05) is 0 Å². The first-order chi connectivity index (χ1) is 13.5. The maximum atomic E-state index is 9.41. The topological polar surface area (TPSA) is 39.2 Å². The van der Waals surface area contributed by atoms with Gasteiger partial charge in [-0.25, -0.2) is 0 Å². The van der Waals surface area contributed by atoms with Gasteiger partial charge in [0, 0.05) is 57.5 Å². The van der Waals surface area contributed by atoms with Gasteiger partial charge in [-0.15, -0.1) is 0 Å². The quantitative estimate of drug-likeness (QED) is 0.776. The average Bonchev–Trinajstić information content (AvgIpc) is 2.67. The van der Waals surface area contributed by atoms with Crippen LogP contribution in [0.15, 0.2) is 12.1 Å². The molecule has 0 unspecified atom stereocenters. The van der Waals surface area contributed by atoms with Crippen molar-refractivity contribution < 1.29 is 9.84 Å². The van der Waals surface area contributed by atoms with Crippen molar-refractivity contribution in [3.63, 3.8) is 0 Å². The summed E-state index contributed by atoms with van der Waals surface area (Å²) in [6, 6.07) is 5.14. The van der Waals surface area contributed by atoms with E-state index < -0.39 is 0 Å². The number of aliphatic hydroxyl groups excluding tert-OH is 1. The maximum absolute atomic E-state index is 9.41. The van der Waals surface area contributed by atoms with E-state index in [4.69, 9.17) is 4.74 Å². The van der Waals surface area contributed by atoms with Gasteiger partial charge in [0.1, 0.15) is 5.75 Å². The third kappa shape index (κ3) is 5.26. The van der Waals surface area contributed by atoms with Crippen LogP contribution in [0, 0.1) is 19.8 Å². The van der Waals surface area contributed by atoms with Crippen molar-refractivity contribution in [3.05, 3.63) is 28.8 Å². The largest absolute Gasteiger partial charge is 0.496 e. The number of hydrogen-bond acceptors (Lipinski definition) is 5. The minimum absolute atomic E-state index is 0.302. The Morgan fingerprint density at radius 3 is 2.54 bits per heavy atom. The predicted molar refractivity (Wildman–Crippen MR) is 115 cm³/mol. The first-order valence-corrected chi connectivity index (χ1v) is 10.9. The summed E-state index contributed by atoms with van der Waals surface area (Å²) in [4.78, 5) is 7.75. The molecule has 2 aliphatic heterocycles. The molecule has 158 valence electrons. The van der Waals surface area contributed by atoms with Crippen LogP contribution >= 0.6 is 0 Å². The Kier molecular flexibility index (Phi) is 7.75. The molecule has 2 heterocycles. The molecule has 0 spiro atoms. The lowest BCUT2D eigenvalue weighted by Crippen LogP contribution is -2.56. The number of benzene rings is 1. The van der Waals surface area contributed by atoms with Gasteiger partial charge in [-0.05, 0) is 58.2 Å². The smallest absolute Gasteiger partial charge is 0.126 e. The lowest BCUT2D eigenvalue weighted by atomic mass is 9.86. The second kappa shape index (κ2) is 10.1. The number of methoxy groups -OCH3 is 1. The first kappa shape index (κ1) is 21.6. The summed E-state index contributed by atoms with van der Waals surface area (Å²) in [5.74, 6) is 1.68. The van der Waals surface area contributed by atoms with E-state index in [1.165, 1.54) is 49.3 Å². The maximum Gasteiger partial charge on any atom is 0.126 e. The third-order valence-electron chi connectivity index (χ3n) is 6.61. The van der Waals surface area contributed by atoms with Gasteiger partial charge in [-0.3, -0.25) is 9.80 Å². The molecule has 0 aromatic heterocycles. The van der Waals surface area contributed by atoms with Crippen LogP contribution in [-0.4, -0.2) is 85.9 Å². The van der Waals surface area contributed by atoms with Gasteiger partial charge >= 0.3 is 0 Å². The van der Waals surface area contributed by atoms with Gasteiger partial charge in [0.15, 0.2) is 0 Å². The summed E-state index contributed by atoms with van der Waals surface area (Å²) < 4.78 is 5.72. The fourth-order valence-corrected chi connectivity index (χ4v) is 5.20. The monoisotopic (exact) mass is 389 g/mol. The molecule has 0 radical (unpaired) electrons. The zero-order chi connectivity index (χ0) is 20.1. The van der Waals surface area contributed by atoms with Crippen LogP contribution < -0.4 is 4.74 Å². The highest BCUT2D eigenvalue weighted by Gasteiger charge is 2.34. The van der Waals surface area contributed by atoms with Gasteiger partial charge in [-0.2, -0.15) is 0 Å². The van der Waals surface area contributed by atoms with Crippen LogP contribution in [0.3, 0.4) is 0 Å². The lowest BCUT2D eigenvalue weighted by Gasteiger charge is -2.46. The van der Waals surface area contributed by atoms with Crippen LogP contribution in [0.25, 0.3) is 0 Å². The molecule has 28 heavy (non-hydrogen) atoms. The van der Waals surface area contributed by atoms with Crippen molar-refractivity contribution in [2.75, 3.05) is 60.0 Å². The summed E-state index contributed by atoms with van der Waals surface area (Å²) in [6.45, 7) is 12.5. The fourth-order valence-electron chi connectivity index (χ4n) is 5.20. The molecular weight excluding hydrogens is 350 g/mol. The standard InChI is InChI=1S/C23H39N3O2/c1-18-14-19(2)23(28-4)21(15-18)17-25-8-7-22(20(16-25)6-5-13-27)26-11-9-24(3)10-12-26/h14-15,20,22,27H,5-13,16-17H2,1-4H3/t20-,22+/m1/s1. The molecule has 0 bridgehead atoms. The summed E-state index contributed by atoms with van der Waals surface area (Å²) in [6.07, 6.45) is 3.26. The van der Waals surface area contributed by atoms with E-state index in [0.717, 1.165) is 38.2 Å². The molecule has 5 nitrogen and oxygen atoms in total. The van der Waals surface area contributed by atoms with E-state index in [0.29, 0.717) is 18.6 Å². The zero-order valence-corrected chi connectivity index (χ0v) is 18.3. The molecule has 0 amide bonds. The van der Waals surface area contributed by atoms with Gasteiger partial charge in [0.25, 0.3) is 0 Å². The summed E-state index contributed by atoms with van der Waals surface area (Å²) in [5, 5.41) is 9.41. The Bertz CT molecular complexity index is 629. The minimum Gasteiger partial charge on any atom is -0.496 e. The molecule has 0 aliphatic carbocycles. The molecular formula is C23H39N3O2. The Labute approximate surface area is 171 Å². The van der Waals surface area contributed by atoms with Crippen LogP contribution in [0.1, 0.15) is 36.0 Å². The predicted octanol–water partition coefficient (Wildman–Crippen LogP) is 2.52. The number of hydrogen-bond donors (Lipinski definition) is 1.